The van der Waals surface area contributed by atoms with Crippen LogP contribution in [0.15, 0.2) is 23.1 Å². The number of carbonyl (C=O) groups excluding carboxylic acids is 1. The average molecular weight is 315 g/mol. The van der Waals surface area contributed by atoms with Crippen molar-refractivity contribution in [3.8, 4) is 0 Å². The number of hydrogen-bond acceptors (Lipinski definition) is 5. The van der Waals surface area contributed by atoms with Gasteiger partial charge in [-0.3, -0.25) is 14.4 Å². The van der Waals surface area contributed by atoms with Crippen molar-refractivity contribution >= 4 is 11.6 Å². The number of aryl methyl sites for hydroxylation is 1. The largest absolute Gasteiger partial charge is 0.361 e. The quantitative estimate of drug-likeness (QED) is 0.860. The molecule has 0 bridgehead atoms. The first kappa shape index (κ1) is 14.4. The lowest BCUT2D eigenvalue weighted by Crippen LogP contribution is -2.23. The van der Waals surface area contributed by atoms with Gasteiger partial charge in [0.05, 0.1) is 24.1 Å². The molecule has 4 heterocycles. The molecule has 1 atom stereocenters. The summed E-state index contributed by atoms with van der Waals surface area (Å²) in [5, 5.41) is 8.33. The molecule has 23 heavy (non-hydrogen) atoms. The van der Waals surface area contributed by atoms with Crippen molar-refractivity contribution in [3.63, 3.8) is 0 Å². The van der Waals surface area contributed by atoms with Crippen LogP contribution in [-0.2, 0) is 11.3 Å². The van der Waals surface area contributed by atoms with Crippen LogP contribution in [-0.4, -0.2) is 45.4 Å². The van der Waals surface area contributed by atoms with E-state index in [9.17, 15) is 4.79 Å². The van der Waals surface area contributed by atoms with E-state index in [2.05, 4.69) is 15.2 Å². The molecule has 1 amide bonds. The van der Waals surface area contributed by atoms with E-state index < -0.39 is 0 Å². The molecule has 4 rings (SSSR count). The van der Waals surface area contributed by atoms with E-state index in [-0.39, 0.29) is 5.91 Å². The first-order valence-electron chi connectivity index (χ1n) is 8.18. The highest BCUT2D eigenvalue weighted by Crippen LogP contribution is 2.26. The van der Waals surface area contributed by atoms with Crippen LogP contribution in [0.5, 0.6) is 0 Å². The second-order valence-electron chi connectivity index (χ2n) is 6.41. The normalized spacial score (nSPS) is 22.4. The van der Waals surface area contributed by atoms with Crippen LogP contribution >= 0.6 is 0 Å². The molecule has 0 N–H and O–H groups in total. The minimum absolute atomic E-state index is 0.209. The van der Waals surface area contributed by atoms with Gasteiger partial charge in [-0.1, -0.05) is 5.16 Å². The molecule has 7 nitrogen and oxygen atoms in total. The van der Waals surface area contributed by atoms with Gasteiger partial charge < -0.3 is 9.42 Å². The summed E-state index contributed by atoms with van der Waals surface area (Å²) in [7, 11) is 0. The lowest BCUT2D eigenvalue weighted by molar-refractivity contribution is -0.117. The van der Waals surface area contributed by atoms with E-state index in [1.807, 2.05) is 28.9 Å². The minimum atomic E-state index is 0.209. The Kier molecular flexibility index (Phi) is 3.65. The van der Waals surface area contributed by atoms with Crippen LogP contribution in [0.2, 0.25) is 0 Å². The third kappa shape index (κ3) is 2.76. The fourth-order valence-corrected chi connectivity index (χ4v) is 3.47. The van der Waals surface area contributed by atoms with E-state index in [1.165, 1.54) is 0 Å². The molecule has 2 fully saturated rings. The molecule has 122 valence electrons. The summed E-state index contributed by atoms with van der Waals surface area (Å²) < 4.78 is 7.14. The first-order chi connectivity index (χ1) is 11.2. The fourth-order valence-electron chi connectivity index (χ4n) is 3.47. The Hall–Kier alpha value is -2.15. The maximum absolute atomic E-state index is 11.8. The van der Waals surface area contributed by atoms with Gasteiger partial charge in [-0.25, -0.2) is 0 Å². The van der Waals surface area contributed by atoms with Crippen LogP contribution in [0.25, 0.3) is 0 Å². The maximum atomic E-state index is 11.8. The molecule has 0 saturated carbocycles. The Morgan fingerprint density at radius 3 is 3.00 bits per heavy atom. The van der Waals surface area contributed by atoms with Crippen molar-refractivity contribution in [3.05, 3.63) is 29.9 Å². The number of likely N-dealkylation sites (tertiary alicyclic amines) is 1. The summed E-state index contributed by atoms with van der Waals surface area (Å²) in [6.45, 7) is 5.62. The first-order valence-corrected chi connectivity index (χ1v) is 8.18. The third-order valence-corrected chi connectivity index (χ3v) is 4.84. The van der Waals surface area contributed by atoms with E-state index in [0.717, 1.165) is 56.0 Å². The predicted molar refractivity (Wildman–Crippen MR) is 84.0 cm³/mol. The summed E-state index contributed by atoms with van der Waals surface area (Å²) in [6.07, 6.45) is 8.30. The van der Waals surface area contributed by atoms with Crippen LogP contribution in [0.3, 0.4) is 0 Å². The van der Waals surface area contributed by atoms with E-state index in [1.54, 1.807) is 6.20 Å². The minimum Gasteiger partial charge on any atom is -0.361 e. The van der Waals surface area contributed by atoms with Crippen LogP contribution < -0.4 is 4.90 Å². The number of anilines is 1. The molecule has 0 aromatic carbocycles. The zero-order valence-electron chi connectivity index (χ0n) is 13.3. The van der Waals surface area contributed by atoms with Crippen molar-refractivity contribution in [2.24, 2.45) is 0 Å². The molecule has 7 heteroatoms. The number of nitrogens with zero attached hydrogens (tertiary/aromatic N) is 5. The van der Waals surface area contributed by atoms with Gasteiger partial charge in [0, 0.05) is 44.4 Å². The molecule has 2 aromatic heterocycles. The monoisotopic (exact) mass is 315 g/mol. The zero-order valence-corrected chi connectivity index (χ0v) is 13.3. The fraction of sp³-hybridized carbons (Fsp3) is 0.562. The second kappa shape index (κ2) is 5.81. The van der Waals surface area contributed by atoms with Gasteiger partial charge >= 0.3 is 0 Å². The zero-order chi connectivity index (χ0) is 15.8. The Morgan fingerprint density at radius 1 is 1.35 bits per heavy atom. The summed E-state index contributed by atoms with van der Waals surface area (Å²) in [6, 6.07) is 0.363. The number of carbonyl (C=O) groups is 1. The lowest BCUT2D eigenvalue weighted by atomic mass is 10.2. The van der Waals surface area contributed by atoms with Crippen molar-refractivity contribution < 1.29 is 9.32 Å². The van der Waals surface area contributed by atoms with Crippen LogP contribution in [0, 0.1) is 6.92 Å². The molecule has 0 spiro atoms. The molecule has 0 radical (unpaired) electrons. The summed E-state index contributed by atoms with van der Waals surface area (Å²) >= 11 is 0. The molecule has 2 aliphatic rings. The van der Waals surface area contributed by atoms with Crippen LogP contribution in [0.1, 0.15) is 36.6 Å². The van der Waals surface area contributed by atoms with Gasteiger partial charge in [0.25, 0.3) is 0 Å². The van der Waals surface area contributed by atoms with Gasteiger partial charge in [-0.05, 0) is 19.8 Å². The SMILES string of the molecule is Cc1oncc1CN1CCC(n2cc(N3CCCC3=O)cn2)C1. The van der Waals surface area contributed by atoms with E-state index in [4.69, 9.17) is 4.52 Å². The predicted octanol–water partition coefficient (Wildman–Crippen LogP) is 1.75. The highest BCUT2D eigenvalue weighted by atomic mass is 16.5. The molecule has 1 unspecified atom stereocenters. The molecule has 2 saturated heterocycles. The van der Waals surface area contributed by atoms with Gasteiger partial charge in [-0.15, -0.1) is 0 Å². The molecule has 0 aliphatic carbocycles. The Balaban J connectivity index is 1.41. The highest BCUT2D eigenvalue weighted by molar-refractivity contribution is 5.95. The Morgan fingerprint density at radius 2 is 2.26 bits per heavy atom. The second-order valence-corrected chi connectivity index (χ2v) is 6.41. The standard InChI is InChI=1S/C16H21N5O2/c1-12-13(7-18-23-12)9-19-6-4-14(10-19)21-11-15(8-17-21)20-5-2-3-16(20)22/h7-8,11,14H,2-6,9-10H2,1H3. The summed E-state index contributed by atoms with van der Waals surface area (Å²) in [5.74, 6) is 1.10. The Labute approximate surface area is 134 Å². The van der Waals surface area contributed by atoms with Crippen molar-refractivity contribution in [2.75, 3.05) is 24.5 Å². The molecular formula is C16H21N5O2. The topological polar surface area (TPSA) is 67.4 Å². The number of aromatic nitrogens is 3. The summed E-state index contributed by atoms with van der Waals surface area (Å²) in [5.41, 5.74) is 2.08. The van der Waals surface area contributed by atoms with Gasteiger partial charge in [0.2, 0.25) is 5.91 Å². The highest BCUT2D eigenvalue weighted by Gasteiger charge is 2.27. The molecular weight excluding hydrogens is 294 g/mol. The lowest BCUT2D eigenvalue weighted by Gasteiger charge is -2.15. The van der Waals surface area contributed by atoms with Gasteiger partial charge in [0.15, 0.2) is 0 Å². The van der Waals surface area contributed by atoms with Crippen LogP contribution in [0.4, 0.5) is 5.69 Å². The van der Waals surface area contributed by atoms with Gasteiger partial charge in [-0.2, -0.15) is 5.10 Å². The van der Waals surface area contributed by atoms with E-state index >= 15 is 0 Å². The van der Waals surface area contributed by atoms with Gasteiger partial charge in [0.1, 0.15) is 5.76 Å². The summed E-state index contributed by atoms with van der Waals surface area (Å²) in [4.78, 5) is 16.1. The van der Waals surface area contributed by atoms with Crippen molar-refractivity contribution in [1.29, 1.82) is 0 Å². The number of rotatable bonds is 4. The molecule has 2 aliphatic heterocycles. The van der Waals surface area contributed by atoms with Crippen molar-refractivity contribution in [1.82, 2.24) is 19.8 Å². The third-order valence-electron chi connectivity index (χ3n) is 4.84. The Bertz CT molecular complexity index is 707. The van der Waals surface area contributed by atoms with Crippen molar-refractivity contribution in [2.45, 2.75) is 38.8 Å². The molecule has 2 aromatic rings. The number of amides is 1. The number of hydrogen-bond donors (Lipinski definition) is 0. The smallest absolute Gasteiger partial charge is 0.227 e. The average Bonchev–Trinajstić information content (AvgIpc) is 3.28. The van der Waals surface area contributed by atoms with E-state index in [0.29, 0.717) is 12.5 Å². The maximum Gasteiger partial charge on any atom is 0.227 e.